The van der Waals surface area contributed by atoms with Gasteiger partial charge >= 0.3 is 0 Å². The monoisotopic (exact) mass is 256 g/mol. The van der Waals surface area contributed by atoms with Crippen molar-refractivity contribution in [1.29, 1.82) is 0 Å². The van der Waals surface area contributed by atoms with Gasteiger partial charge < -0.3 is 5.32 Å². The number of rotatable bonds is 6. The van der Waals surface area contributed by atoms with Gasteiger partial charge in [-0.15, -0.1) is 0 Å². The highest BCUT2D eigenvalue weighted by Gasteiger charge is 2.16. The molecule has 0 aliphatic heterocycles. The van der Waals surface area contributed by atoms with E-state index in [0.717, 1.165) is 12.4 Å². The highest BCUT2D eigenvalue weighted by atomic mass is 19.1. The van der Waals surface area contributed by atoms with E-state index in [9.17, 15) is 4.39 Å². The molecule has 0 fully saturated rings. The molecule has 0 amide bonds. The van der Waals surface area contributed by atoms with Gasteiger partial charge in [0.1, 0.15) is 18.3 Å². The zero-order valence-corrected chi connectivity index (χ0v) is 12.1. The van der Waals surface area contributed by atoms with Gasteiger partial charge in [-0.05, 0) is 26.7 Å². The summed E-state index contributed by atoms with van der Waals surface area (Å²) in [5, 5.41) is 7.30. The fourth-order valence-electron chi connectivity index (χ4n) is 1.63. The minimum atomic E-state index is -0.931. The third-order valence-corrected chi connectivity index (χ3v) is 2.49. The molecule has 0 aromatic carbocycles. The van der Waals surface area contributed by atoms with Crippen LogP contribution in [0.25, 0.3) is 0 Å². The van der Waals surface area contributed by atoms with E-state index in [1.165, 1.54) is 6.33 Å². The second kappa shape index (κ2) is 6.27. The van der Waals surface area contributed by atoms with E-state index < -0.39 is 6.17 Å². The molecule has 0 radical (unpaired) electrons. The van der Waals surface area contributed by atoms with Gasteiger partial charge in [0.15, 0.2) is 0 Å². The Bertz CT molecular complexity index is 354. The zero-order valence-electron chi connectivity index (χ0n) is 12.1. The first-order valence-electron chi connectivity index (χ1n) is 6.53. The van der Waals surface area contributed by atoms with Crippen molar-refractivity contribution in [1.82, 2.24) is 20.1 Å². The summed E-state index contributed by atoms with van der Waals surface area (Å²) in [7, 11) is 0. The number of hydrogen-bond donors (Lipinski definition) is 1. The van der Waals surface area contributed by atoms with Crippen LogP contribution in [0, 0.1) is 5.92 Å². The van der Waals surface area contributed by atoms with Crippen LogP contribution in [-0.4, -0.2) is 33.0 Å². The van der Waals surface area contributed by atoms with Crippen molar-refractivity contribution in [3.63, 3.8) is 0 Å². The molecule has 0 aliphatic carbocycles. The van der Waals surface area contributed by atoms with Crippen LogP contribution in [0.3, 0.4) is 0 Å². The second-order valence-electron chi connectivity index (χ2n) is 6.18. The summed E-state index contributed by atoms with van der Waals surface area (Å²) in [6.45, 7) is 11.4. The molecule has 1 atom stereocenters. The molecule has 104 valence electrons. The van der Waals surface area contributed by atoms with Crippen LogP contribution < -0.4 is 5.32 Å². The molecule has 18 heavy (non-hydrogen) atoms. The lowest BCUT2D eigenvalue weighted by atomic mass is 10.1. The van der Waals surface area contributed by atoms with E-state index in [1.807, 2.05) is 20.8 Å². The minimum absolute atomic E-state index is 0.0596. The van der Waals surface area contributed by atoms with Crippen LogP contribution in [0.4, 0.5) is 4.39 Å². The maximum absolute atomic E-state index is 13.9. The molecule has 0 saturated heterocycles. The number of nitrogens with one attached hydrogen (secondary N) is 1. The highest BCUT2D eigenvalue weighted by molar-refractivity contribution is 4.89. The Balaban J connectivity index is 2.49. The number of hydrogen-bond acceptors (Lipinski definition) is 3. The molecule has 1 N–H and O–H groups in total. The van der Waals surface area contributed by atoms with E-state index in [-0.39, 0.29) is 5.54 Å². The predicted molar refractivity (Wildman–Crippen MR) is 71.2 cm³/mol. The van der Waals surface area contributed by atoms with Gasteiger partial charge in [-0.3, -0.25) is 0 Å². The van der Waals surface area contributed by atoms with Gasteiger partial charge in [0, 0.05) is 25.0 Å². The quantitative estimate of drug-likeness (QED) is 0.848. The Labute approximate surface area is 109 Å². The molecule has 0 spiro atoms. The molecule has 5 heteroatoms. The lowest BCUT2D eigenvalue weighted by Crippen LogP contribution is -2.40. The van der Waals surface area contributed by atoms with Crippen LogP contribution in [0.2, 0.25) is 0 Å². The number of nitrogens with zero attached hydrogens (tertiary/aromatic N) is 3. The van der Waals surface area contributed by atoms with E-state index in [0.29, 0.717) is 18.9 Å². The van der Waals surface area contributed by atoms with Crippen molar-refractivity contribution in [2.75, 3.05) is 6.54 Å². The van der Waals surface area contributed by atoms with Crippen LogP contribution in [0.1, 0.15) is 40.4 Å². The maximum Gasteiger partial charge on any atom is 0.138 e. The lowest BCUT2D eigenvalue weighted by Gasteiger charge is -2.22. The van der Waals surface area contributed by atoms with Crippen molar-refractivity contribution in [2.24, 2.45) is 5.92 Å². The van der Waals surface area contributed by atoms with Crippen molar-refractivity contribution in [3.8, 4) is 0 Å². The second-order valence-corrected chi connectivity index (χ2v) is 6.18. The fraction of sp³-hybridized carbons (Fsp3) is 0.846. The summed E-state index contributed by atoms with van der Waals surface area (Å²) in [6.07, 6.45) is 0.886. The minimum Gasteiger partial charge on any atom is -0.309 e. The van der Waals surface area contributed by atoms with E-state index in [1.54, 1.807) is 4.68 Å². The fourth-order valence-corrected chi connectivity index (χ4v) is 1.63. The zero-order chi connectivity index (χ0) is 13.8. The highest BCUT2D eigenvalue weighted by Crippen LogP contribution is 2.07. The molecule has 0 aliphatic rings. The number of aromatic nitrogens is 3. The first kappa shape index (κ1) is 15.1. The summed E-state index contributed by atoms with van der Waals surface area (Å²) in [5.41, 5.74) is -0.0596. The van der Waals surface area contributed by atoms with Gasteiger partial charge in [0.05, 0.1) is 0 Å². The molecule has 1 aromatic heterocycles. The summed E-state index contributed by atoms with van der Waals surface area (Å²) >= 11 is 0. The summed E-state index contributed by atoms with van der Waals surface area (Å²) < 4.78 is 15.7. The molecule has 0 saturated carbocycles. The van der Waals surface area contributed by atoms with Gasteiger partial charge in [-0.1, -0.05) is 13.8 Å². The average Bonchev–Trinajstić information content (AvgIpc) is 2.61. The smallest absolute Gasteiger partial charge is 0.138 e. The van der Waals surface area contributed by atoms with Crippen LogP contribution >= 0.6 is 0 Å². The third-order valence-electron chi connectivity index (χ3n) is 2.49. The Morgan fingerprint density at radius 2 is 2.06 bits per heavy atom. The SMILES string of the molecule is CC(C)Cn1ncnc1CC(F)CNC(C)(C)C. The van der Waals surface area contributed by atoms with E-state index in [4.69, 9.17) is 0 Å². The van der Waals surface area contributed by atoms with Gasteiger partial charge in [-0.2, -0.15) is 5.10 Å². The van der Waals surface area contributed by atoms with Crippen molar-refractivity contribution in [2.45, 2.75) is 59.3 Å². The summed E-state index contributed by atoms with van der Waals surface area (Å²) in [6, 6.07) is 0. The Hall–Kier alpha value is -0.970. The van der Waals surface area contributed by atoms with Crippen molar-refractivity contribution < 1.29 is 4.39 Å². The molecular formula is C13H25FN4. The molecule has 4 nitrogen and oxygen atoms in total. The van der Waals surface area contributed by atoms with Gasteiger partial charge in [-0.25, -0.2) is 14.1 Å². The van der Waals surface area contributed by atoms with E-state index in [2.05, 4.69) is 29.2 Å². The first-order chi connectivity index (χ1) is 8.28. The van der Waals surface area contributed by atoms with Crippen molar-refractivity contribution >= 4 is 0 Å². The Kier molecular flexibility index (Phi) is 5.26. The van der Waals surface area contributed by atoms with Crippen molar-refractivity contribution in [3.05, 3.63) is 12.2 Å². The van der Waals surface area contributed by atoms with Crippen LogP contribution in [-0.2, 0) is 13.0 Å². The lowest BCUT2D eigenvalue weighted by molar-refractivity contribution is 0.277. The number of alkyl halides is 1. The number of halogens is 1. The molecule has 1 rings (SSSR count). The molecule has 0 bridgehead atoms. The molecule has 1 aromatic rings. The normalized spacial score (nSPS) is 14.2. The standard InChI is InChI=1S/C13H25FN4/c1-10(2)8-18-12(15-9-17-18)6-11(14)7-16-13(3,4)5/h9-11,16H,6-8H2,1-5H3. The largest absolute Gasteiger partial charge is 0.309 e. The molecule has 1 heterocycles. The Morgan fingerprint density at radius 3 is 2.61 bits per heavy atom. The maximum atomic E-state index is 13.9. The van der Waals surface area contributed by atoms with Crippen LogP contribution in [0.15, 0.2) is 6.33 Å². The molecule has 1 unspecified atom stereocenters. The van der Waals surface area contributed by atoms with Gasteiger partial charge in [0.2, 0.25) is 0 Å². The average molecular weight is 256 g/mol. The Morgan fingerprint density at radius 1 is 1.39 bits per heavy atom. The van der Waals surface area contributed by atoms with Gasteiger partial charge in [0.25, 0.3) is 0 Å². The first-order valence-corrected chi connectivity index (χ1v) is 6.53. The third kappa shape index (κ3) is 5.58. The summed E-state index contributed by atoms with van der Waals surface area (Å²) in [5.74, 6) is 1.21. The topological polar surface area (TPSA) is 42.7 Å². The summed E-state index contributed by atoms with van der Waals surface area (Å²) in [4.78, 5) is 4.14. The predicted octanol–water partition coefficient (Wildman–Crippen LogP) is 2.20. The van der Waals surface area contributed by atoms with E-state index >= 15 is 0 Å². The molecular weight excluding hydrogens is 231 g/mol. The van der Waals surface area contributed by atoms with Crippen LogP contribution in [0.5, 0.6) is 0 Å².